The molecule has 0 aliphatic heterocycles. The molecule has 0 bridgehead atoms. The third-order valence-corrected chi connectivity index (χ3v) is 3.81. The Labute approximate surface area is 121 Å². The number of anilines is 1. The van der Waals surface area contributed by atoms with Gasteiger partial charge in [0.2, 0.25) is 0 Å². The van der Waals surface area contributed by atoms with Crippen LogP contribution >= 0.6 is 0 Å². The number of carbonyl (C=O) groups excluding carboxylic acids is 1. The van der Waals surface area contributed by atoms with Crippen LogP contribution < -0.4 is 5.32 Å². The van der Waals surface area contributed by atoms with Gasteiger partial charge in [-0.05, 0) is 30.9 Å². The molecule has 0 radical (unpaired) electrons. The number of rotatable bonds is 5. The summed E-state index contributed by atoms with van der Waals surface area (Å²) >= 11 is 0. The van der Waals surface area contributed by atoms with Gasteiger partial charge in [0.25, 0.3) is 5.91 Å². The van der Waals surface area contributed by atoms with Crippen LogP contribution in [0.25, 0.3) is 0 Å². The van der Waals surface area contributed by atoms with Gasteiger partial charge in [-0.2, -0.15) is 0 Å². The molecule has 0 unspecified atom stereocenters. The quantitative estimate of drug-likeness (QED) is 0.897. The van der Waals surface area contributed by atoms with Gasteiger partial charge in [0.05, 0.1) is 0 Å². The largest absolute Gasteiger partial charge is 0.373 e. The van der Waals surface area contributed by atoms with Gasteiger partial charge in [-0.15, -0.1) is 0 Å². The first kappa shape index (κ1) is 14.8. The van der Waals surface area contributed by atoms with Crippen LogP contribution in [0.15, 0.2) is 18.2 Å². The number of aromatic nitrogens is 1. The first-order valence-corrected chi connectivity index (χ1v) is 7.57. The van der Waals surface area contributed by atoms with E-state index >= 15 is 0 Å². The summed E-state index contributed by atoms with van der Waals surface area (Å²) in [5, 5.41) is 2.99. The summed E-state index contributed by atoms with van der Waals surface area (Å²) in [5.74, 6) is 1.29. The molecule has 4 heteroatoms. The van der Waals surface area contributed by atoms with Crippen molar-refractivity contribution in [2.24, 2.45) is 5.92 Å². The average molecular weight is 275 g/mol. The lowest BCUT2D eigenvalue weighted by Gasteiger charge is -2.30. The van der Waals surface area contributed by atoms with E-state index in [1.165, 1.54) is 12.8 Å². The Hall–Kier alpha value is -1.58. The Balaban J connectivity index is 2.20. The van der Waals surface area contributed by atoms with Crippen molar-refractivity contribution < 1.29 is 4.79 Å². The maximum Gasteiger partial charge on any atom is 0.272 e. The number of nitrogens with one attached hydrogen (secondary N) is 1. The Kier molecular flexibility index (Phi) is 4.99. The molecule has 110 valence electrons. The van der Waals surface area contributed by atoms with Gasteiger partial charge in [-0.25, -0.2) is 4.98 Å². The molecule has 4 nitrogen and oxygen atoms in total. The number of pyridine rings is 1. The van der Waals surface area contributed by atoms with E-state index in [9.17, 15) is 4.79 Å². The standard InChI is InChI=1S/C16H25N3O/c1-12(2)11-19(13-7-4-5-8-13)16(20)14-9-6-10-15(17-3)18-14/h6,9-10,12-13H,4-5,7-8,11H2,1-3H3,(H,17,18). The minimum Gasteiger partial charge on any atom is -0.373 e. The Morgan fingerprint density at radius 2 is 2.10 bits per heavy atom. The molecule has 1 aromatic heterocycles. The molecule has 1 aromatic rings. The summed E-state index contributed by atoms with van der Waals surface area (Å²) in [6, 6.07) is 5.96. The molecule has 2 rings (SSSR count). The normalized spacial score (nSPS) is 15.6. The fraction of sp³-hybridized carbons (Fsp3) is 0.625. The van der Waals surface area contributed by atoms with E-state index in [1.54, 1.807) is 0 Å². The SMILES string of the molecule is CNc1cccc(C(=O)N(CC(C)C)C2CCCC2)n1. The summed E-state index contributed by atoms with van der Waals surface area (Å²) < 4.78 is 0. The van der Waals surface area contributed by atoms with Gasteiger partial charge in [-0.1, -0.05) is 32.8 Å². The molecule has 1 fully saturated rings. The minimum absolute atomic E-state index is 0.0719. The van der Waals surface area contributed by atoms with Crippen molar-refractivity contribution in [1.29, 1.82) is 0 Å². The van der Waals surface area contributed by atoms with E-state index < -0.39 is 0 Å². The number of carbonyl (C=O) groups is 1. The van der Waals surface area contributed by atoms with Gasteiger partial charge < -0.3 is 10.2 Å². The topological polar surface area (TPSA) is 45.2 Å². The van der Waals surface area contributed by atoms with E-state index in [0.717, 1.165) is 25.2 Å². The fourth-order valence-electron chi connectivity index (χ4n) is 2.85. The second-order valence-electron chi connectivity index (χ2n) is 5.95. The van der Waals surface area contributed by atoms with E-state index in [0.29, 0.717) is 17.7 Å². The predicted octanol–water partition coefficient (Wildman–Crippen LogP) is 3.16. The lowest BCUT2D eigenvalue weighted by molar-refractivity contribution is 0.0649. The number of hydrogen-bond acceptors (Lipinski definition) is 3. The third kappa shape index (κ3) is 3.50. The number of nitrogens with zero attached hydrogens (tertiary/aromatic N) is 2. The van der Waals surface area contributed by atoms with Crippen LogP contribution in [0, 0.1) is 5.92 Å². The van der Waals surface area contributed by atoms with E-state index in [1.807, 2.05) is 30.1 Å². The van der Waals surface area contributed by atoms with Crippen molar-refractivity contribution in [1.82, 2.24) is 9.88 Å². The average Bonchev–Trinajstić information content (AvgIpc) is 2.98. The summed E-state index contributed by atoms with van der Waals surface area (Å²) in [6.07, 6.45) is 4.72. The highest BCUT2D eigenvalue weighted by molar-refractivity contribution is 5.93. The first-order chi connectivity index (χ1) is 9.61. The van der Waals surface area contributed by atoms with Crippen molar-refractivity contribution in [2.75, 3.05) is 18.9 Å². The van der Waals surface area contributed by atoms with Gasteiger partial charge in [0.1, 0.15) is 11.5 Å². The molecule has 0 spiro atoms. The molecule has 1 aliphatic rings. The first-order valence-electron chi connectivity index (χ1n) is 7.57. The molecule has 1 N–H and O–H groups in total. The molecule has 0 atom stereocenters. The van der Waals surface area contributed by atoms with Gasteiger partial charge >= 0.3 is 0 Å². The second kappa shape index (κ2) is 6.73. The van der Waals surface area contributed by atoms with Crippen LogP contribution in [-0.2, 0) is 0 Å². The lowest BCUT2D eigenvalue weighted by atomic mass is 10.1. The van der Waals surface area contributed by atoms with Crippen molar-refractivity contribution in [3.05, 3.63) is 23.9 Å². The summed E-state index contributed by atoms with van der Waals surface area (Å²) in [4.78, 5) is 19.2. The molecular weight excluding hydrogens is 250 g/mol. The highest BCUT2D eigenvalue weighted by atomic mass is 16.2. The third-order valence-electron chi connectivity index (χ3n) is 3.81. The lowest BCUT2D eigenvalue weighted by Crippen LogP contribution is -2.41. The van der Waals surface area contributed by atoms with E-state index in [-0.39, 0.29) is 5.91 Å². The summed E-state index contributed by atoms with van der Waals surface area (Å²) in [6.45, 7) is 5.13. The van der Waals surface area contributed by atoms with Crippen LogP contribution in [0.4, 0.5) is 5.82 Å². The molecule has 1 saturated carbocycles. The highest BCUT2D eigenvalue weighted by Gasteiger charge is 2.28. The van der Waals surface area contributed by atoms with Crippen molar-refractivity contribution >= 4 is 11.7 Å². The Morgan fingerprint density at radius 3 is 2.70 bits per heavy atom. The molecule has 0 saturated heterocycles. The van der Waals surface area contributed by atoms with Crippen LogP contribution in [0.5, 0.6) is 0 Å². The van der Waals surface area contributed by atoms with Gasteiger partial charge in [-0.3, -0.25) is 4.79 Å². The molecule has 1 aliphatic carbocycles. The molecule has 0 aromatic carbocycles. The minimum atomic E-state index is 0.0719. The zero-order valence-corrected chi connectivity index (χ0v) is 12.7. The van der Waals surface area contributed by atoms with Gasteiger partial charge in [0.15, 0.2) is 0 Å². The maximum absolute atomic E-state index is 12.8. The smallest absolute Gasteiger partial charge is 0.272 e. The van der Waals surface area contributed by atoms with Gasteiger partial charge in [0, 0.05) is 19.6 Å². The maximum atomic E-state index is 12.8. The van der Waals surface area contributed by atoms with Crippen LogP contribution in [0.3, 0.4) is 0 Å². The number of amides is 1. The number of hydrogen-bond donors (Lipinski definition) is 1. The summed E-state index contributed by atoms with van der Waals surface area (Å²) in [5.41, 5.74) is 0.546. The molecular formula is C16H25N3O. The van der Waals surface area contributed by atoms with E-state index in [2.05, 4.69) is 24.1 Å². The van der Waals surface area contributed by atoms with E-state index in [4.69, 9.17) is 0 Å². The van der Waals surface area contributed by atoms with Crippen LogP contribution in [0.1, 0.15) is 50.0 Å². The zero-order chi connectivity index (χ0) is 14.5. The Bertz CT molecular complexity index is 453. The zero-order valence-electron chi connectivity index (χ0n) is 12.7. The predicted molar refractivity (Wildman–Crippen MR) is 81.9 cm³/mol. The monoisotopic (exact) mass is 275 g/mol. The van der Waals surface area contributed by atoms with Crippen LogP contribution in [0.2, 0.25) is 0 Å². The molecule has 20 heavy (non-hydrogen) atoms. The Morgan fingerprint density at radius 1 is 1.40 bits per heavy atom. The second-order valence-corrected chi connectivity index (χ2v) is 5.95. The molecule has 1 amide bonds. The summed E-state index contributed by atoms with van der Waals surface area (Å²) in [7, 11) is 1.82. The van der Waals surface area contributed by atoms with Crippen molar-refractivity contribution in [3.63, 3.8) is 0 Å². The molecule has 1 heterocycles. The van der Waals surface area contributed by atoms with Crippen molar-refractivity contribution in [2.45, 2.75) is 45.6 Å². The van der Waals surface area contributed by atoms with Crippen LogP contribution in [-0.4, -0.2) is 35.4 Å². The fourth-order valence-corrected chi connectivity index (χ4v) is 2.85. The highest BCUT2D eigenvalue weighted by Crippen LogP contribution is 2.25. The van der Waals surface area contributed by atoms with Crippen molar-refractivity contribution in [3.8, 4) is 0 Å².